The van der Waals surface area contributed by atoms with Crippen LogP contribution in [0.2, 0.25) is 0 Å². The maximum atomic E-state index is 12.1. The molecule has 0 aliphatic heterocycles. The van der Waals surface area contributed by atoms with Crippen LogP contribution in [-0.4, -0.2) is 37.7 Å². The average molecular weight is 486 g/mol. The quantitative estimate of drug-likeness (QED) is 0.324. The lowest BCUT2D eigenvalue weighted by Gasteiger charge is -2.11. The fourth-order valence-electron chi connectivity index (χ4n) is 3.45. The fourth-order valence-corrected chi connectivity index (χ4v) is 4.30. The van der Waals surface area contributed by atoms with E-state index in [0.717, 1.165) is 33.0 Å². The van der Waals surface area contributed by atoms with Crippen LogP contribution < -0.4 is 16.4 Å². The van der Waals surface area contributed by atoms with Crippen LogP contribution in [0.5, 0.6) is 0 Å². The molecule has 0 atom stereocenters. The lowest BCUT2D eigenvalue weighted by Crippen LogP contribution is -2.28. The molecule has 0 aliphatic carbocycles. The zero-order valence-corrected chi connectivity index (χ0v) is 19.3. The third kappa shape index (κ3) is 4.84. The van der Waals surface area contributed by atoms with Gasteiger partial charge in [-0.15, -0.1) is 16.4 Å². The van der Waals surface area contributed by atoms with Gasteiger partial charge in [-0.05, 0) is 30.7 Å². The number of rotatable bonds is 6. The molecular formula is C24H19N7O3S. The number of aromatic amines is 1. The number of benzene rings is 1. The van der Waals surface area contributed by atoms with Crippen LogP contribution >= 0.6 is 11.3 Å². The second-order valence-corrected chi connectivity index (χ2v) is 8.21. The van der Waals surface area contributed by atoms with E-state index in [9.17, 15) is 9.59 Å². The molecule has 0 saturated heterocycles. The number of carbonyl (C=O) groups excluding carboxylic acids is 1. The molecule has 0 unspecified atom stereocenters. The van der Waals surface area contributed by atoms with Gasteiger partial charge in [-0.25, -0.2) is 24.7 Å². The molecule has 1 aromatic carbocycles. The van der Waals surface area contributed by atoms with Crippen molar-refractivity contribution < 1.29 is 9.21 Å². The molecule has 5 aromatic rings. The van der Waals surface area contributed by atoms with Crippen LogP contribution in [0.1, 0.15) is 6.92 Å². The van der Waals surface area contributed by atoms with Crippen LogP contribution in [0.3, 0.4) is 0 Å². The van der Waals surface area contributed by atoms with Crippen molar-refractivity contribution in [3.63, 3.8) is 0 Å². The molecule has 0 spiro atoms. The Hall–Kier alpha value is -4.64. The normalized spacial score (nSPS) is 10.8. The highest BCUT2D eigenvalue weighted by Gasteiger charge is 2.17. The predicted molar refractivity (Wildman–Crippen MR) is 133 cm³/mol. The van der Waals surface area contributed by atoms with E-state index < -0.39 is 5.76 Å². The molecule has 3 N–H and O–H groups in total. The predicted octanol–water partition coefficient (Wildman–Crippen LogP) is 4.42. The number of hydrogen-bond acceptors (Lipinski definition) is 8. The Labute approximate surface area is 203 Å². The minimum absolute atomic E-state index is 0.0847. The average Bonchev–Trinajstić information content (AvgIpc) is 3.54. The summed E-state index contributed by atoms with van der Waals surface area (Å²) in [4.78, 5) is 37.0. The Kier molecular flexibility index (Phi) is 6.14. The summed E-state index contributed by atoms with van der Waals surface area (Å²) >= 11 is 1.49. The van der Waals surface area contributed by atoms with Gasteiger partial charge in [0.25, 0.3) is 5.89 Å². The number of carbonyl (C=O) groups is 1. The number of H-pyrrole nitrogens is 1. The van der Waals surface area contributed by atoms with E-state index in [2.05, 4.69) is 30.8 Å². The molecule has 0 saturated carbocycles. The van der Waals surface area contributed by atoms with Gasteiger partial charge in [-0.1, -0.05) is 30.3 Å². The Morgan fingerprint density at radius 2 is 1.91 bits per heavy atom. The van der Waals surface area contributed by atoms with E-state index in [4.69, 9.17) is 9.40 Å². The molecule has 4 aromatic heterocycles. The number of anilines is 1. The first-order chi connectivity index (χ1) is 17.1. The number of hydrogen-bond donors (Lipinski definition) is 3. The van der Waals surface area contributed by atoms with Crippen LogP contribution in [0.15, 0.2) is 75.5 Å². The summed E-state index contributed by atoms with van der Waals surface area (Å²) in [5.74, 6) is -0.188. The van der Waals surface area contributed by atoms with Crippen molar-refractivity contribution in [2.45, 2.75) is 6.92 Å². The van der Waals surface area contributed by atoms with Crippen molar-refractivity contribution in [1.29, 1.82) is 0 Å². The molecule has 5 rings (SSSR count). The van der Waals surface area contributed by atoms with Gasteiger partial charge in [0.15, 0.2) is 0 Å². The van der Waals surface area contributed by atoms with Gasteiger partial charge in [0, 0.05) is 41.0 Å². The van der Waals surface area contributed by atoms with Crippen molar-refractivity contribution in [2.75, 3.05) is 11.9 Å². The van der Waals surface area contributed by atoms with Crippen LogP contribution in [-0.2, 0) is 0 Å². The third-order valence-corrected chi connectivity index (χ3v) is 5.89. The topological polar surface area (TPSA) is 139 Å². The highest BCUT2D eigenvalue weighted by Crippen LogP contribution is 2.37. The highest BCUT2D eigenvalue weighted by atomic mass is 32.1. The Bertz CT molecular complexity index is 1540. The lowest BCUT2D eigenvalue weighted by atomic mass is 10.0. The molecule has 4 heterocycles. The van der Waals surface area contributed by atoms with Crippen molar-refractivity contribution in [3.8, 4) is 44.5 Å². The highest BCUT2D eigenvalue weighted by molar-refractivity contribution is 7.13. The number of thiazole rings is 1. The van der Waals surface area contributed by atoms with E-state index >= 15 is 0 Å². The molecule has 0 fully saturated rings. The van der Waals surface area contributed by atoms with Gasteiger partial charge in [0.1, 0.15) is 16.5 Å². The Morgan fingerprint density at radius 3 is 2.69 bits per heavy atom. The van der Waals surface area contributed by atoms with Gasteiger partial charge in [-0.2, -0.15) is 0 Å². The molecule has 10 nitrogen and oxygen atoms in total. The summed E-state index contributed by atoms with van der Waals surface area (Å²) in [6, 6.07) is 14.9. The molecule has 0 aliphatic rings. The first-order valence-electron chi connectivity index (χ1n) is 10.7. The number of aromatic nitrogens is 5. The van der Waals surface area contributed by atoms with Gasteiger partial charge < -0.3 is 9.73 Å². The molecule has 0 radical (unpaired) electrons. The third-order valence-electron chi connectivity index (χ3n) is 5.02. The molecule has 0 bridgehead atoms. The summed E-state index contributed by atoms with van der Waals surface area (Å²) in [6.45, 7) is 2.33. The largest absolute Gasteiger partial charge is 0.434 e. The van der Waals surface area contributed by atoms with Crippen LogP contribution in [0.25, 0.3) is 44.5 Å². The summed E-state index contributed by atoms with van der Waals surface area (Å²) < 4.78 is 5.05. The fraction of sp³-hybridized carbons (Fsp3) is 0.0833. The molecule has 35 heavy (non-hydrogen) atoms. The van der Waals surface area contributed by atoms with E-state index in [1.165, 1.54) is 11.3 Å². The van der Waals surface area contributed by atoms with Crippen molar-refractivity contribution in [3.05, 3.63) is 76.9 Å². The molecular weight excluding hydrogens is 466 g/mol. The number of nitrogens with zero attached hydrogens (tertiary/aromatic N) is 4. The summed E-state index contributed by atoms with van der Waals surface area (Å²) in [5, 5.41) is 14.3. The number of urea groups is 1. The lowest BCUT2D eigenvalue weighted by molar-refractivity contribution is 0.252. The molecule has 2 amide bonds. The van der Waals surface area contributed by atoms with Crippen LogP contribution in [0, 0.1) is 0 Å². The summed E-state index contributed by atoms with van der Waals surface area (Å²) in [5.41, 5.74) is 4.55. The maximum Gasteiger partial charge on any atom is 0.434 e. The summed E-state index contributed by atoms with van der Waals surface area (Å²) in [7, 11) is 0. The Morgan fingerprint density at radius 1 is 1.06 bits per heavy atom. The van der Waals surface area contributed by atoms with E-state index in [1.807, 2.05) is 48.7 Å². The standard InChI is InChI=1S/C24H19N7O3S/c1-2-25-23(32)29-20-11-16(22-28-19(13-35-22)14-6-4-3-5-7-14)17(12-27-20)15-8-9-26-18(10-15)21-30-31-24(33)34-21/h3-13H,2H2,1H3,(H,31,33)(H2,25,27,29,32). The van der Waals surface area contributed by atoms with E-state index in [-0.39, 0.29) is 11.9 Å². The minimum Gasteiger partial charge on any atom is -0.386 e. The number of pyridine rings is 2. The minimum atomic E-state index is -0.661. The smallest absolute Gasteiger partial charge is 0.386 e. The maximum absolute atomic E-state index is 12.1. The van der Waals surface area contributed by atoms with Gasteiger partial charge in [0.05, 0.1) is 5.69 Å². The van der Waals surface area contributed by atoms with Crippen molar-refractivity contribution in [1.82, 2.24) is 30.5 Å². The molecule has 174 valence electrons. The zero-order valence-electron chi connectivity index (χ0n) is 18.5. The van der Waals surface area contributed by atoms with E-state index in [0.29, 0.717) is 18.1 Å². The first kappa shape index (κ1) is 22.2. The van der Waals surface area contributed by atoms with Crippen LogP contribution in [0.4, 0.5) is 10.6 Å². The monoisotopic (exact) mass is 485 g/mol. The number of amides is 2. The second kappa shape index (κ2) is 9.69. The van der Waals surface area contributed by atoms with Crippen molar-refractivity contribution >= 4 is 23.2 Å². The van der Waals surface area contributed by atoms with Gasteiger partial charge in [0.2, 0.25) is 0 Å². The Balaban J connectivity index is 1.59. The number of nitrogens with one attached hydrogen (secondary N) is 3. The zero-order chi connectivity index (χ0) is 24.2. The second-order valence-electron chi connectivity index (χ2n) is 7.35. The first-order valence-corrected chi connectivity index (χ1v) is 11.6. The van der Waals surface area contributed by atoms with Gasteiger partial charge >= 0.3 is 11.8 Å². The van der Waals surface area contributed by atoms with E-state index in [1.54, 1.807) is 24.5 Å². The SMILES string of the molecule is CCNC(=O)Nc1cc(-c2nc(-c3ccccc3)cs2)c(-c2ccnc(-c3n[nH]c(=O)o3)c2)cn1. The van der Waals surface area contributed by atoms with Gasteiger partial charge in [-0.3, -0.25) is 10.3 Å². The van der Waals surface area contributed by atoms with Crippen molar-refractivity contribution in [2.24, 2.45) is 0 Å². The molecule has 11 heteroatoms. The summed E-state index contributed by atoms with van der Waals surface area (Å²) in [6.07, 6.45) is 3.27.